The van der Waals surface area contributed by atoms with Crippen molar-refractivity contribution in [1.82, 2.24) is 15.5 Å². The Labute approximate surface area is 229 Å². The Morgan fingerprint density at radius 2 is 1.79 bits per heavy atom. The van der Waals surface area contributed by atoms with Gasteiger partial charge >= 0.3 is 5.97 Å². The summed E-state index contributed by atoms with van der Waals surface area (Å²) in [6.07, 6.45) is 4.98. The lowest BCUT2D eigenvalue weighted by Crippen LogP contribution is -2.38. The molecule has 1 aliphatic heterocycles. The number of amides is 1. The van der Waals surface area contributed by atoms with Crippen LogP contribution in [0.3, 0.4) is 0 Å². The number of carboxylic acids is 1. The van der Waals surface area contributed by atoms with Gasteiger partial charge in [-0.05, 0) is 62.8 Å². The van der Waals surface area contributed by atoms with Gasteiger partial charge in [-0.15, -0.1) is 10.2 Å². The molecule has 0 spiro atoms. The molecule has 2 fully saturated rings. The summed E-state index contributed by atoms with van der Waals surface area (Å²) in [5, 5.41) is 29.2. The number of hydrogen-bond donors (Lipinski definition) is 2. The van der Waals surface area contributed by atoms with E-state index in [0.29, 0.717) is 53.8 Å². The summed E-state index contributed by atoms with van der Waals surface area (Å²) in [5.41, 5.74) is 2.03. The molecule has 10 heteroatoms. The normalized spacial score (nSPS) is 15.7. The number of nitriles is 1. The van der Waals surface area contributed by atoms with Crippen LogP contribution in [0.25, 0.3) is 0 Å². The smallest absolute Gasteiger partial charge is 0.306 e. The standard InChI is InChI=1S/C18H24N4O3.C8H6ClNO.C2H6/c1-12-2-4-14(5-3-12)19-17(23)15-6-7-16(21-20-15)22-10-8-13(9-11-22)18(24)25;1-11-7-3-2-6(5-10)8(9)4-7;1-2/h6-7,13-14H,1-5,8-11H2,(H,19,23)(H,24,25);2-4H,1H3;1-2H3. The number of rotatable bonds is 5. The fourth-order valence-corrected chi connectivity index (χ4v) is 4.33. The van der Waals surface area contributed by atoms with Gasteiger partial charge in [-0.25, -0.2) is 0 Å². The summed E-state index contributed by atoms with van der Waals surface area (Å²) >= 11 is 5.71. The number of aliphatic carboxylic acids is 1. The van der Waals surface area contributed by atoms with Gasteiger partial charge in [0, 0.05) is 25.2 Å². The van der Waals surface area contributed by atoms with Gasteiger partial charge in [0.1, 0.15) is 11.8 Å². The number of nitrogens with zero attached hydrogens (tertiary/aromatic N) is 4. The molecule has 2 N–H and O–H groups in total. The van der Waals surface area contributed by atoms with Crippen molar-refractivity contribution in [2.45, 2.75) is 58.4 Å². The monoisotopic (exact) mass is 541 g/mol. The van der Waals surface area contributed by atoms with Gasteiger partial charge in [0.25, 0.3) is 5.91 Å². The zero-order valence-corrected chi connectivity index (χ0v) is 23.0. The quantitative estimate of drug-likeness (QED) is 0.491. The van der Waals surface area contributed by atoms with E-state index in [-0.39, 0.29) is 17.9 Å². The van der Waals surface area contributed by atoms with Crippen LogP contribution >= 0.6 is 11.6 Å². The van der Waals surface area contributed by atoms with Gasteiger partial charge in [-0.2, -0.15) is 5.26 Å². The summed E-state index contributed by atoms with van der Waals surface area (Å²) in [7, 11) is 1.55. The molecule has 0 radical (unpaired) electrons. The van der Waals surface area contributed by atoms with Gasteiger partial charge in [-0.3, -0.25) is 9.59 Å². The minimum atomic E-state index is -0.732. The van der Waals surface area contributed by atoms with Crippen LogP contribution < -0.4 is 15.0 Å². The highest BCUT2D eigenvalue weighted by Gasteiger charge is 2.25. The van der Waals surface area contributed by atoms with E-state index in [1.54, 1.807) is 37.4 Å². The van der Waals surface area contributed by atoms with Gasteiger partial charge in [0.15, 0.2) is 11.5 Å². The van der Waals surface area contributed by atoms with Gasteiger partial charge in [0.2, 0.25) is 0 Å². The van der Waals surface area contributed by atoms with Crippen molar-refractivity contribution in [3.63, 3.8) is 0 Å². The Morgan fingerprint density at radius 1 is 1.13 bits per heavy atom. The first-order valence-electron chi connectivity index (χ1n) is 12.8. The second kappa shape index (κ2) is 15.6. The second-order valence-electron chi connectivity index (χ2n) is 8.83. The first-order valence-corrected chi connectivity index (χ1v) is 13.2. The Morgan fingerprint density at radius 3 is 2.29 bits per heavy atom. The highest BCUT2D eigenvalue weighted by atomic mass is 35.5. The topological polar surface area (TPSA) is 128 Å². The van der Waals surface area contributed by atoms with Crippen molar-refractivity contribution < 1.29 is 19.4 Å². The lowest BCUT2D eigenvalue weighted by molar-refractivity contribution is -0.142. The first kappa shape index (κ1) is 30.6. The molecular formula is C28H36ClN5O4. The molecule has 1 aliphatic carbocycles. The predicted molar refractivity (Wildman–Crippen MR) is 148 cm³/mol. The molecule has 1 amide bonds. The maximum atomic E-state index is 12.3. The molecule has 2 aliphatic rings. The summed E-state index contributed by atoms with van der Waals surface area (Å²) in [4.78, 5) is 25.3. The van der Waals surface area contributed by atoms with E-state index < -0.39 is 5.97 Å². The molecule has 2 aromatic rings. The Balaban J connectivity index is 0.000000327. The van der Waals surface area contributed by atoms with E-state index >= 15 is 0 Å². The van der Waals surface area contributed by atoms with E-state index in [9.17, 15) is 9.59 Å². The third-order valence-corrected chi connectivity index (χ3v) is 6.69. The van der Waals surface area contributed by atoms with Crippen LogP contribution in [0, 0.1) is 17.2 Å². The van der Waals surface area contributed by atoms with E-state index in [4.69, 9.17) is 26.7 Å². The summed E-state index contributed by atoms with van der Waals surface area (Å²) in [5.74, 6) is 0.148. The fraction of sp³-hybridized carbons (Fsp3) is 0.464. The molecule has 9 nitrogen and oxygen atoms in total. The Bertz CT molecular complexity index is 1120. The molecule has 1 aromatic heterocycles. The number of carbonyl (C=O) groups is 2. The number of benzene rings is 1. The van der Waals surface area contributed by atoms with Gasteiger partial charge in [-0.1, -0.05) is 37.6 Å². The van der Waals surface area contributed by atoms with Crippen LogP contribution in [0.4, 0.5) is 5.82 Å². The summed E-state index contributed by atoms with van der Waals surface area (Å²) < 4.78 is 4.90. The van der Waals surface area contributed by atoms with Crippen molar-refractivity contribution in [1.29, 1.82) is 5.26 Å². The van der Waals surface area contributed by atoms with E-state index in [2.05, 4.69) is 22.1 Å². The maximum Gasteiger partial charge on any atom is 0.306 e. The number of piperidine rings is 1. The maximum absolute atomic E-state index is 12.3. The lowest BCUT2D eigenvalue weighted by atomic mass is 9.92. The van der Waals surface area contributed by atoms with E-state index in [0.717, 1.165) is 25.7 Å². The number of ether oxygens (including phenoxy) is 1. The molecule has 0 bridgehead atoms. The summed E-state index contributed by atoms with van der Waals surface area (Å²) in [6.45, 7) is 9.27. The zero-order valence-electron chi connectivity index (χ0n) is 22.2. The summed E-state index contributed by atoms with van der Waals surface area (Å²) in [6, 6.07) is 10.5. The largest absolute Gasteiger partial charge is 0.497 e. The lowest BCUT2D eigenvalue weighted by Gasteiger charge is -2.30. The van der Waals surface area contributed by atoms with Crippen molar-refractivity contribution in [3.05, 3.63) is 58.8 Å². The Hall–Kier alpha value is -3.64. The molecule has 0 unspecified atom stereocenters. The number of allylic oxidation sites excluding steroid dienone is 1. The van der Waals surface area contributed by atoms with Crippen molar-refractivity contribution in [2.75, 3.05) is 25.1 Å². The average Bonchev–Trinajstić information content (AvgIpc) is 2.95. The average molecular weight is 542 g/mol. The molecule has 4 rings (SSSR count). The van der Waals surface area contributed by atoms with Crippen LogP contribution in [0.5, 0.6) is 5.75 Å². The molecule has 2 heterocycles. The number of aromatic nitrogens is 2. The number of carbonyl (C=O) groups excluding carboxylic acids is 1. The molecular weight excluding hydrogens is 506 g/mol. The number of halogens is 1. The molecule has 1 saturated carbocycles. The number of carboxylic acid groups (broad SMARTS) is 1. The van der Waals surface area contributed by atoms with Crippen LogP contribution in [0.2, 0.25) is 5.02 Å². The third kappa shape index (κ3) is 9.03. The molecule has 0 atom stereocenters. The second-order valence-corrected chi connectivity index (χ2v) is 9.24. The number of anilines is 1. The third-order valence-electron chi connectivity index (χ3n) is 6.38. The van der Waals surface area contributed by atoms with E-state index in [1.807, 2.05) is 24.8 Å². The van der Waals surface area contributed by atoms with Gasteiger partial charge < -0.3 is 20.1 Å². The molecule has 1 aromatic carbocycles. The van der Waals surface area contributed by atoms with Crippen molar-refractivity contribution >= 4 is 29.3 Å². The highest BCUT2D eigenvalue weighted by Crippen LogP contribution is 2.23. The SMILES string of the molecule is C=C1CCC(NC(=O)c2ccc(N3CCC(C(=O)O)CC3)nn2)CC1.CC.COc1ccc(C#N)c(Cl)c1. The van der Waals surface area contributed by atoms with Crippen LogP contribution in [0.1, 0.15) is 68.4 Å². The minimum Gasteiger partial charge on any atom is -0.497 e. The Kier molecular flexibility index (Phi) is 12.5. The minimum absolute atomic E-state index is 0.175. The molecule has 38 heavy (non-hydrogen) atoms. The van der Waals surface area contributed by atoms with Crippen molar-refractivity contribution in [2.24, 2.45) is 5.92 Å². The number of methoxy groups -OCH3 is 1. The van der Waals surface area contributed by atoms with Crippen LogP contribution in [0.15, 0.2) is 42.5 Å². The van der Waals surface area contributed by atoms with Crippen molar-refractivity contribution in [3.8, 4) is 11.8 Å². The van der Waals surface area contributed by atoms with E-state index in [1.165, 1.54) is 5.57 Å². The highest BCUT2D eigenvalue weighted by molar-refractivity contribution is 6.31. The van der Waals surface area contributed by atoms with Gasteiger partial charge in [0.05, 0.1) is 23.6 Å². The first-order chi connectivity index (χ1) is 18.3. The number of nitrogens with one attached hydrogen (secondary N) is 1. The molecule has 204 valence electrons. The fourth-order valence-electron chi connectivity index (χ4n) is 4.11. The van der Waals surface area contributed by atoms with Crippen LogP contribution in [-0.2, 0) is 4.79 Å². The predicted octanol–water partition coefficient (Wildman–Crippen LogP) is 5.25. The number of hydrogen-bond acceptors (Lipinski definition) is 7. The zero-order chi connectivity index (χ0) is 28.1. The van der Waals surface area contributed by atoms with Crippen LogP contribution in [-0.4, -0.2) is 53.4 Å². The molecule has 1 saturated heterocycles.